The van der Waals surface area contributed by atoms with E-state index < -0.39 is 11.4 Å². The molecule has 0 amide bonds. The molecule has 4 N–H and O–H groups in total. The predicted octanol–water partition coefficient (Wildman–Crippen LogP) is 2.15. The molecule has 31 heavy (non-hydrogen) atoms. The van der Waals surface area contributed by atoms with Gasteiger partial charge in [0.2, 0.25) is 5.95 Å². The quantitative estimate of drug-likeness (QED) is 0.462. The van der Waals surface area contributed by atoms with Crippen LogP contribution in [0.2, 0.25) is 5.02 Å². The van der Waals surface area contributed by atoms with Gasteiger partial charge >= 0.3 is 0 Å². The van der Waals surface area contributed by atoms with Gasteiger partial charge in [0.25, 0.3) is 5.56 Å². The van der Waals surface area contributed by atoms with E-state index in [4.69, 9.17) is 23.1 Å². The molecule has 0 aliphatic carbocycles. The van der Waals surface area contributed by atoms with E-state index in [9.17, 15) is 14.4 Å². The molecule has 0 spiro atoms. The number of aromatic nitrogens is 5. The highest BCUT2D eigenvalue weighted by Gasteiger charge is 2.17. The zero-order valence-corrected chi connectivity index (χ0v) is 16.2. The molecule has 0 saturated heterocycles. The van der Waals surface area contributed by atoms with Crippen molar-refractivity contribution in [2.75, 3.05) is 11.5 Å². The van der Waals surface area contributed by atoms with Crippen LogP contribution in [-0.4, -0.2) is 30.7 Å². The highest BCUT2D eigenvalue weighted by atomic mass is 35.5. The summed E-state index contributed by atoms with van der Waals surface area (Å²) in [5.41, 5.74) is 10.6. The van der Waals surface area contributed by atoms with Crippen molar-refractivity contribution >= 4 is 46.3 Å². The van der Waals surface area contributed by atoms with Crippen LogP contribution in [0, 0.1) is 17.1 Å². The van der Waals surface area contributed by atoms with Crippen LogP contribution in [0.5, 0.6) is 0 Å². The topological polar surface area (TPSA) is 162 Å². The molecule has 0 bridgehead atoms. The first kappa shape index (κ1) is 19.9. The maximum absolute atomic E-state index is 14.4. The molecule has 3 aromatic heterocycles. The number of halogens is 2. The van der Waals surface area contributed by atoms with E-state index in [1.54, 1.807) is 12.1 Å². The normalized spacial score (nSPS) is 11.1. The molecule has 0 fully saturated rings. The maximum atomic E-state index is 14.4. The molecular weight excluding hydrogens is 425 g/mol. The third kappa shape index (κ3) is 3.52. The number of nitriles is 1. The van der Waals surface area contributed by atoms with Gasteiger partial charge in [-0.3, -0.25) is 14.3 Å². The van der Waals surface area contributed by atoms with Crippen LogP contribution in [-0.2, 0) is 0 Å². The van der Waals surface area contributed by atoms with Crippen molar-refractivity contribution in [3.05, 3.63) is 69.2 Å². The average Bonchev–Trinajstić information content (AvgIpc) is 2.75. The van der Waals surface area contributed by atoms with E-state index in [-0.39, 0.29) is 44.9 Å². The Morgan fingerprint density at radius 3 is 2.74 bits per heavy atom. The maximum Gasteiger partial charge on any atom is 0.267 e. The van der Waals surface area contributed by atoms with Crippen molar-refractivity contribution in [3.63, 3.8) is 0 Å². The fourth-order valence-corrected chi connectivity index (χ4v) is 3.09. The number of hydrogen-bond donors (Lipinski definition) is 2. The molecule has 0 aliphatic rings. The Balaban J connectivity index is 2.03. The SMILES string of the molecule is N#Cc1c(N)nc(N)nc1/N=C/c1nc2c(F)ccc(Cl)c2c(=O)n1-c1cccnc1. The van der Waals surface area contributed by atoms with Crippen molar-refractivity contribution in [1.82, 2.24) is 24.5 Å². The van der Waals surface area contributed by atoms with E-state index in [0.29, 0.717) is 5.69 Å². The molecule has 3 heterocycles. The summed E-state index contributed by atoms with van der Waals surface area (Å²) in [7, 11) is 0. The van der Waals surface area contributed by atoms with Gasteiger partial charge in [-0.2, -0.15) is 15.2 Å². The van der Waals surface area contributed by atoms with Gasteiger partial charge in [-0.1, -0.05) is 11.6 Å². The smallest absolute Gasteiger partial charge is 0.267 e. The van der Waals surface area contributed by atoms with Crippen molar-refractivity contribution < 1.29 is 4.39 Å². The predicted molar refractivity (Wildman–Crippen MR) is 113 cm³/mol. The summed E-state index contributed by atoms with van der Waals surface area (Å²) in [6.45, 7) is 0. The molecule has 10 nitrogen and oxygen atoms in total. The lowest BCUT2D eigenvalue weighted by atomic mass is 10.2. The first-order chi connectivity index (χ1) is 14.9. The minimum absolute atomic E-state index is 0.0399. The molecule has 4 rings (SSSR count). The average molecular weight is 436 g/mol. The summed E-state index contributed by atoms with van der Waals surface area (Å²) in [6.07, 6.45) is 4.08. The Labute approximate surface area is 178 Å². The molecule has 0 atom stereocenters. The zero-order chi connectivity index (χ0) is 22.1. The van der Waals surface area contributed by atoms with Crippen LogP contribution in [0.15, 0.2) is 46.4 Å². The summed E-state index contributed by atoms with van der Waals surface area (Å²) in [6, 6.07) is 7.43. The van der Waals surface area contributed by atoms with Crippen LogP contribution in [0.4, 0.5) is 22.0 Å². The number of hydrogen-bond acceptors (Lipinski definition) is 9. The monoisotopic (exact) mass is 435 g/mol. The summed E-state index contributed by atoms with van der Waals surface area (Å²) in [5.74, 6) is -1.29. The molecule has 4 aromatic rings. The number of pyridine rings is 1. The summed E-state index contributed by atoms with van der Waals surface area (Å²) in [4.78, 5) is 33.1. The highest BCUT2D eigenvalue weighted by Crippen LogP contribution is 2.24. The van der Waals surface area contributed by atoms with Crippen molar-refractivity contribution in [2.24, 2.45) is 4.99 Å². The van der Waals surface area contributed by atoms with Gasteiger partial charge in [-0.05, 0) is 24.3 Å². The molecule has 12 heteroatoms. The minimum atomic E-state index is -0.738. The lowest BCUT2D eigenvalue weighted by Crippen LogP contribution is -2.24. The number of aliphatic imine (C=N–C) groups is 1. The third-order valence-corrected chi connectivity index (χ3v) is 4.52. The van der Waals surface area contributed by atoms with Gasteiger partial charge in [0.1, 0.15) is 28.8 Å². The van der Waals surface area contributed by atoms with Gasteiger partial charge in [0, 0.05) is 6.20 Å². The first-order valence-corrected chi connectivity index (χ1v) is 8.97. The summed E-state index contributed by atoms with van der Waals surface area (Å²) < 4.78 is 15.6. The van der Waals surface area contributed by atoms with Crippen LogP contribution in [0.3, 0.4) is 0 Å². The Kier molecular flexibility index (Phi) is 4.98. The second-order valence-electron chi connectivity index (χ2n) is 6.11. The number of nitrogen functional groups attached to an aromatic ring is 2. The third-order valence-electron chi connectivity index (χ3n) is 4.20. The van der Waals surface area contributed by atoms with E-state index in [2.05, 4.69) is 24.9 Å². The highest BCUT2D eigenvalue weighted by molar-refractivity contribution is 6.35. The molecular formula is C19H11ClFN9O. The molecule has 1 aromatic carbocycles. The van der Waals surface area contributed by atoms with Gasteiger partial charge in [-0.15, -0.1) is 0 Å². The Morgan fingerprint density at radius 2 is 2.03 bits per heavy atom. The number of anilines is 2. The summed E-state index contributed by atoms with van der Waals surface area (Å²) in [5, 5.41) is 9.24. The second-order valence-corrected chi connectivity index (χ2v) is 6.52. The Bertz CT molecular complexity index is 1460. The van der Waals surface area contributed by atoms with Crippen LogP contribution in [0.1, 0.15) is 11.4 Å². The summed E-state index contributed by atoms with van der Waals surface area (Å²) >= 11 is 6.14. The van der Waals surface area contributed by atoms with Gasteiger partial charge in [-0.25, -0.2) is 14.4 Å². The number of nitrogens with zero attached hydrogens (tertiary/aromatic N) is 7. The Morgan fingerprint density at radius 1 is 1.23 bits per heavy atom. The van der Waals surface area contributed by atoms with E-state index >= 15 is 0 Å². The van der Waals surface area contributed by atoms with Crippen molar-refractivity contribution in [1.29, 1.82) is 5.26 Å². The molecule has 152 valence electrons. The van der Waals surface area contributed by atoms with E-state index in [0.717, 1.165) is 16.8 Å². The molecule has 0 radical (unpaired) electrons. The van der Waals surface area contributed by atoms with Crippen LogP contribution in [0.25, 0.3) is 16.6 Å². The number of rotatable bonds is 3. The van der Waals surface area contributed by atoms with Crippen molar-refractivity contribution in [3.8, 4) is 11.8 Å². The Hall–Kier alpha value is -4.43. The van der Waals surface area contributed by atoms with Crippen molar-refractivity contribution in [2.45, 2.75) is 0 Å². The molecule has 0 aliphatic heterocycles. The fraction of sp³-hybridized carbons (Fsp3) is 0. The number of nitrogens with two attached hydrogens (primary N) is 2. The fourth-order valence-electron chi connectivity index (χ4n) is 2.86. The largest absolute Gasteiger partial charge is 0.382 e. The molecule has 0 saturated carbocycles. The zero-order valence-electron chi connectivity index (χ0n) is 15.5. The van der Waals surface area contributed by atoms with Gasteiger partial charge < -0.3 is 11.5 Å². The lowest BCUT2D eigenvalue weighted by Gasteiger charge is -2.11. The van der Waals surface area contributed by atoms with E-state index in [1.165, 1.54) is 18.5 Å². The van der Waals surface area contributed by atoms with Gasteiger partial charge in [0.05, 0.1) is 28.5 Å². The number of fused-ring (bicyclic) bond motifs is 1. The van der Waals surface area contributed by atoms with Crippen LogP contribution < -0.4 is 17.0 Å². The van der Waals surface area contributed by atoms with Gasteiger partial charge in [0.15, 0.2) is 11.6 Å². The van der Waals surface area contributed by atoms with E-state index in [1.807, 2.05) is 6.07 Å². The number of benzene rings is 1. The standard InChI is InChI=1S/C19H11ClFN9O/c20-11-3-4-12(21)15-14(11)18(31)30(9-2-1-5-25-7-9)13(27-15)8-26-17-10(6-22)16(23)28-19(24)29-17/h1-5,7-8H,(H4,23,24,28,29)/b26-8+. The molecule has 0 unspecified atom stereocenters. The first-order valence-electron chi connectivity index (χ1n) is 8.59. The minimum Gasteiger partial charge on any atom is -0.382 e. The van der Waals surface area contributed by atoms with Crippen LogP contribution >= 0.6 is 11.6 Å². The second kappa shape index (κ2) is 7.77. The lowest BCUT2D eigenvalue weighted by molar-refractivity contribution is 0.635.